The van der Waals surface area contributed by atoms with Crippen LogP contribution >= 0.6 is 0 Å². The minimum atomic E-state index is -5.48. The Morgan fingerprint density at radius 3 is 2.59 bits per heavy atom. The Balaban J connectivity index is 2.69. The van der Waals surface area contributed by atoms with Gasteiger partial charge in [-0.2, -0.15) is 13.2 Å². The first-order chi connectivity index (χ1) is 7.73. The average molecular weight is 268 g/mol. The molecular formula is C7H3F3N2O4S. The number of nitrogens with zero attached hydrogens (tertiary/aromatic N) is 2. The molecule has 17 heavy (non-hydrogen) atoms. The normalized spacial score (nSPS) is 13.1. The summed E-state index contributed by atoms with van der Waals surface area (Å²) in [6.45, 7) is 0. The number of fused-ring (bicyclic) bond motifs is 1. The van der Waals surface area contributed by atoms with Gasteiger partial charge in [-0.15, -0.1) is 0 Å². The average Bonchev–Trinajstić information content (AvgIpc) is 2.58. The van der Waals surface area contributed by atoms with E-state index >= 15 is 0 Å². The molecule has 0 bridgehead atoms. The fourth-order valence-electron chi connectivity index (χ4n) is 1.15. The van der Waals surface area contributed by atoms with Gasteiger partial charge in [-0.25, -0.2) is 8.42 Å². The lowest BCUT2D eigenvalue weighted by Crippen LogP contribution is -2.25. The molecule has 0 saturated carbocycles. The Bertz CT molecular complexity index is 676. The van der Waals surface area contributed by atoms with Crippen molar-refractivity contribution < 1.29 is 31.1 Å². The van der Waals surface area contributed by atoms with Gasteiger partial charge in [-0.1, -0.05) is 0 Å². The molecule has 0 radical (unpaired) electrons. The largest absolute Gasteiger partial charge is 0.501 e. The number of sulfone groups is 1. The van der Waals surface area contributed by atoms with E-state index in [1.165, 1.54) is 0 Å². The topological polar surface area (TPSA) is 87.1 Å². The molecule has 0 atom stereocenters. The summed E-state index contributed by atoms with van der Waals surface area (Å²) in [5.74, 6) is 0. The molecular weight excluding hydrogens is 265 g/mol. The number of aromatic nitrogens is 2. The Kier molecular flexibility index (Phi) is 2.28. The van der Waals surface area contributed by atoms with Gasteiger partial charge in [-0.3, -0.25) is 4.63 Å². The summed E-state index contributed by atoms with van der Waals surface area (Å²) in [6.07, 6.45) is 0. The van der Waals surface area contributed by atoms with E-state index in [1.54, 1.807) is 0 Å². The molecule has 0 spiro atoms. The predicted molar refractivity (Wildman–Crippen MR) is 46.2 cm³/mol. The molecule has 2 aromatic rings. The van der Waals surface area contributed by atoms with E-state index in [9.17, 15) is 26.8 Å². The number of rotatable bonds is 1. The van der Waals surface area contributed by atoms with Crippen molar-refractivity contribution in [2.75, 3.05) is 0 Å². The molecule has 0 aliphatic rings. The fraction of sp³-hybridized carbons (Fsp3) is 0.143. The monoisotopic (exact) mass is 268 g/mol. The maximum absolute atomic E-state index is 12.2. The summed E-state index contributed by atoms with van der Waals surface area (Å²) in [5.41, 5.74) is -5.86. The van der Waals surface area contributed by atoms with Crippen LogP contribution in [0.3, 0.4) is 0 Å². The van der Waals surface area contributed by atoms with Crippen LogP contribution in [0.2, 0.25) is 0 Å². The van der Waals surface area contributed by atoms with E-state index in [0.29, 0.717) is 12.1 Å². The quantitative estimate of drug-likeness (QED) is 0.712. The van der Waals surface area contributed by atoms with Crippen molar-refractivity contribution in [2.24, 2.45) is 0 Å². The minimum absolute atomic E-state index is 0.0406. The van der Waals surface area contributed by atoms with Crippen LogP contribution in [-0.4, -0.2) is 19.1 Å². The highest BCUT2D eigenvalue weighted by Gasteiger charge is 2.47. The van der Waals surface area contributed by atoms with Crippen LogP contribution in [0, 0.1) is 5.21 Å². The van der Waals surface area contributed by atoms with E-state index < -0.39 is 25.8 Å². The minimum Gasteiger partial charge on any atom is -0.359 e. The summed E-state index contributed by atoms with van der Waals surface area (Å²) < 4.78 is 62.9. The molecule has 0 saturated heterocycles. The second-order valence-electron chi connectivity index (χ2n) is 3.03. The lowest BCUT2D eigenvalue weighted by Gasteiger charge is -2.06. The first-order valence-corrected chi connectivity index (χ1v) is 5.52. The van der Waals surface area contributed by atoms with Crippen molar-refractivity contribution in [2.45, 2.75) is 10.4 Å². The van der Waals surface area contributed by atoms with Gasteiger partial charge in [0.05, 0.1) is 4.90 Å². The Labute approximate surface area is 91.7 Å². The van der Waals surface area contributed by atoms with Gasteiger partial charge in [0.25, 0.3) is 9.84 Å². The molecule has 0 unspecified atom stereocenters. The summed E-state index contributed by atoms with van der Waals surface area (Å²) >= 11 is 0. The SMILES string of the molecule is O=S(=O)(c1ccc2no[n+]([O-])c2c1)C(F)(F)F. The van der Waals surface area contributed by atoms with Gasteiger partial charge in [0.2, 0.25) is 11.0 Å². The van der Waals surface area contributed by atoms with E-state index in [1.807, 2.05) is 0 Å². The molecule has 1 aromatic heterocycles. The van der Waals surface area contributed by atoms with Gasteiger partial charge >= 0.3 is 5.51 Å². The van der Waals surface area contributed by atoms with Crippen molar-refractivity contribution in [3.05, 3.63) is 23.4 Å². The van der Waals surface area contributed by atoms with Crippen molar-refractivity contribution >= 4 is 20.9 Å². The molecule has 2 rings (SSSR count). The fourth-order valence-corrected chi connectivity index (χ4v) is 1.93. The highest BCUT2D eigenvalue weighted by atomic mass is 32.2. The lowest BCUT2D eigenvalue weighted by atomic mass is 10.3. The third-order valence-electron chi connectivity index (χ3n) is 1.97. The van der Waals surface area contributed by atoms with Crippen molar-refractivity contribution in [3.8, 4) is 0 Å². The molecule has 0 aliphatic heterocycles. The van der Waals surface area contributed by atoms with E-state index in [4.69, 9.17) is 0 Å². The van der Waals surface area contributed by atoms with Crippen LogP contribution in [0.25, 0.3) is 11.0 Å². The number of hydrogen-bond acceptors (Lipinski definition) is 5. The number of alkyl halides is 3. The second kappa shape index (κ2) is 3.32. The zero-order chi connectivity index (χ0) is 12.8. The van der Waals surface area contributed by atoms with Gasteiger partial charge in [0, 0.05) is 11.2 Å². The summed E-state index contributed by atoms with van der Waals surface area (Å²) in [6, 6.07) is 2.21. The van der Waals surface area contributed by atoms with Crippen LogP contribution in [0.4, 0.5) is 13.2 Å². The molecule has 6 nitrogen and oxygen atoms in total. The molecule has 0 aliphatic carbocycles. The summed E-state index contributed by atoms with van der Waals surface area (Å²) in [4.78, 5) is -1.21. The molecule has 92 valence electrons. The van der Waals surface area contributed by atoms with Crippen molar-refractivity contribution in [1.82, 2.24) is 5.16 Å². The van der Waals surface area contributed by atoms with E-state index in [-0.39, 0.29) is 10.4 Å². The van der Waals surface area contributed by atoms with Crippen molar-refractivity contribution in [1.29, 1.82) is 0 Å². The van der Waals surface area contributed by atoms with E-state index in [2.05, 4.69) is 9.79 Å². The molecule has 1 heterocycles. The van der Waals surface area contributed by atoms with Gasteiger partial charge in [0.1, 0.15) is 0 Å². The molecule has 10 heteroatoms. The van der Waals surface area contributed by atoms with Crippen LogP contribution in [0.1, 0.15) is 0 Å². The zero-order valence-electron chi connectivity index (χ0n) is 7.80. The molecule has 0 fully saturated rings. The molecule has 0 N–H and O–H groups in total. The third-order valence-corrected chi connectivity index (χ3v) is 3.46. The molecule has 0 amide bonds. The summed E-state index contributed by atoms with van der Waals surface area (Å²) in [5, 5.41) is 14.1. The van der Waals surface area contributed by atoms with E-state index in [0.717, 1.165) is 6.07 Å². The first kappa shape index (κ1) is 11.6. The van der Waals surface area contributed by atoms with Gasteiger partial charge < -0.3 is 5.21 Å². The van der Waals surface area contributed by atoms with Crippen LogP contribution < -0.4 is 4.90 Å². The van der Waals surface area contributed by atoms with Crippen LogP contribution in [-0.2, 0) is 9.84 Å². The highest BCUT2D eigenvalue weighted by Crippen LogP contribution is 2.30. The maximum atomic E-state index is 12.2. The second-order valence-corrected chi connectivity index (χ2v) is 4.97. The predicted octanol–water partition coefficient (Wildman–Crippen LogP) is 0.755. The first-order valence-electron chi connectivity index (χ1n) is 4.04. The number of halogens is 3. The Morgan fingerprint density at radius 2 is 2.00 bits per heavy atom. The van der Waals surface area contributed by atoms with Gasteiger partial charge in [0.15, 0.2) is 0 Å². The van der Waals surface area contributed by atoms with Gasteiger partial charge in [-0.05, 0) is 17.0 Å². The van der Waals surface area contributed by atoms with Crippen LogP contribution in [0.5, 0.6) is 0 Å². The zero-order valence-corrected chi connectivity index (χ0v) is 8.62. The van der Waals surface area contributed by atoms with Crippen molar-refractivity contribution in [3.63, 3.8) is 0 Å². The molecule has 1 aromatic carbocycles. The third kappa shape index (κ3) is 1.69. The maximum Gasteiger partial charge on any atom is 0.501 e. The Hall–Kier alpha value is -1.84. The highest BCUT2D eigenvalue weighted by molar-refractivity contribution is 7.92. The number of benzene rings is 1. The standard InChI is InChI=1S/C7H3F3N2O4S/c8-7(9,10)17(14,15)4-1-2-5-6(3-4)12(13)16-11-5/h1-3H. The number of hydrogen-bond donors (Lipinski definition) is 0. The smallest absolute Gasteiger partial charge is 0.359 e. The Morgan fingerprint density at radius 1 is 1.35 bits per heavy atom. The lowest BCUT2D eigenvalue weighted by molar-refractivity contribution is -0.782. The summed E-state index contributed by atoms with van der Waals surface area (Å²) in [7, 11) is -5.48. The van der Waals surface area contributed by atoms with Crippen LogP contribution in [0.15, 0.2) is 27.7 Å².